The van der Waals surface area contributed by atoms with Gasteiger partial charge in [0.2, 0.25) is 5.78 Å². The highest BCUT2D eigenvalue weighted by Gasteiger charge is 2.16. The summed E-state index contributed by atoms with van der Waals surface area (Å²) in [7, 11) is 1.93. The number of halogens is 1. The minimum atomic E-state index is -0.156. The maximum atomic E-state index is 13.2. The van der Waals surface area contributed by atoms with Crippen LogP contribution in [-0.2, 0) is 20.0 Å². The summed E-state index contributed by atoms with van der Waals surface area (Å²) in [5, 5.41) is 3.62. The van der Waals surface area contributed by atoms with Crippen LogP contribution < -0.4 is 10.9 Å². The molecule has 5 rings (SSSR count). The molecule has 0 aliphatic carbocycles. The third-order valence-electron chi connectivity index (χ3n) is 6.87. The zero-order valence-electron chi connectivity index (χ0n) is 22.1. The molecule has 0 unspecified atom stereocenters. The molecule has 0 bridgehead atoms. The molecule has 0 radical (unpaired) electrons. The molecule has 0 atom stereocenters. The zero-order chi connectivity index (χ0) is 27.4. The standard InChI is InChI=1S/C30H31ClN6O2/c1-3-4-5-16-36-27(17-28(38)37-19-26(34-30(36)37)21-10-12-24(31)13-11-21)22-6-8-23(9-7-22)29(39)33-15-14-25-18-32-20-35(25)2/h6-13,17-20H,3-5,14-16H2,1-2H3,(H,33,39). The zero-order valence-corrected chi connectivity index (χ0v) is 22.9. The van der Waals surface area contributed by atoms with E-state index in [-0.39, 0.29) is 11.5 Å². The minimum absolute atomic E-state index is 0.139. The lowest BCUT2D eigenvalue weighted by atomic mass is 10.1. The Morgan fingerprint density at radius 2 is 1.77 bits per heavy atom. The number of aromatic nitrogens is 5. The van der Waals surface area contributed by atoms with Crippen molar-refractivity contribution in [3.63, 3.8) is 0 Å². The molecule has 9 heteroatoms. The third-order valence-corrected chi connectivity index (χ3v) is 7.12. The lowest BCUT2D eigenvalue weighted by Crippen LogP contribution is -2.26. The molecule has 0 spiro atoms. The number of fused-ring (bicyclic) bond motifs is 1. The quantitative estimate of drug-likeness (QED) is 0.240. The average molecular weight is 543 g/mol. The lowest BCUT2D eigenvalue weighted by molar-refractivity contribution is 0.0954. The molecule has 1 amide bonds. The van der Waals surface area contributed by atoms with Crippen LogP contribution in [0.25, 0.3) is 28.3 Å². The maximum absolute atomic E-state index is 13.2. The van der Waals surface area contributed by atoms with Crippen molar-refractivity contribution in [1.82, 2.24) is 28.8 Å². The van der Waals surface area contributed by atoms with Crippen molar-refractivity contribution in [3.8, 4) is 22.5 Å². The van der Waals surface area contributed by atoms with Crippen molar-refractivity contribution in [2.24, 2.45) is 7.05 Å². The molecule has 200 valence electrons. The molecule has 3 aromatic heterocycles. The molecule has 0 saturated carbocycles. The molecule has 0 aliphatic rings. The highest BCUT2D eigenvalue weighted by molar-refractivity contribution is 6.30. The van der Waals surface area contributed by atoms with Crippen LogP contribution in [0.15, 0.2) is 78.1 Å². The van der Waals surface area contributed by atoms with Gasteiger partial charge in [-0.3, -0.25) is 14.0 Å². The number of rotatable bonds is 10. The monoisotopic (exact) mass is 542 g/mol. The summed E-state index contributed by atoms with van der Waals surface area (Å²) in [4.78, 5) is 34.9. The number of hydrogen-bond acceptors (Lipinski definition) is 4. The van der Waals surface area contributed by atoms with E-state index < -0.39 is 0 Å². The number of aryl methyl sites for hydroxylation is 2. The van der Waals surface area contributed by atoms with Gasteiger partial charge in [0.25, 0.3) is 11.5 Å². The van der Waals surface area contributed by atoms with E-state index in [1.165, 1.54) is 0 Å². The summed E-state index contributed by atoms with van der Waals surface area (Å²) in [5.74, 6) is 0.455. The number of benzene rings is 2. The van der Waals surface area contributed by atoms with Gasteiger partial charge < -0.3 is 14.5 Å². The molecule has 5 aromatic rings. The minimum Gasteiger partial charge on any atom is -0.352 e. The van der Waals surface area contributed by atoms with Crippen LogP contribution in [0.4, 0.5) is 0 Å². The molecule has 39 heavy (non-hydrogen) atoms. The highest BCUT2D eigenvalue weighted by Crippen LogP contribution is 2.25. The van der Waals surface area contributed by atoms with E-state index in [4.69, 9.17) is 16.6 Å². The number of imidazole rings is 2. The summed E-state index contributed by atoms with van der Waals surface area (Å²) in [6.07, 6.45) is 9.14. The fourth-order valence-electron chi connectivity index (χ4n) is 4.66. The Morgan fingerprint density at radius 1 is 1.03 bits per heavy atom. The van der Waals surface area contributed by atoms with Crippen LogP contribution in [0, 0.1) is 0 Å². The number of nitrogens with zero attached hydrogens (tertiary/aromatic N) is 5. The van der Waals surface area contributed by atoms with Gasteiger partial charge in [-0.2, -0.15) is 0 Å². The number of carbonyl (C=O) groups excluding carboxylic acids is 1. The van der Waals surface area contributed by atoms with Crippen molar-refractivity contribution in [1.29, 1.82) is 0 Å². The second-order valence-corrected chi connectivity index (χ2v) is 10.0. The Labute approximate surface area is 231 Å². The van der Waals surface area contributed by atoms with Crippen LogP contribution in [0.3, 0.4) is 0 Å². The fraction of sp³-hybridized carbons (Fsp3) is 0.267. The van der Waals surface area contributed by atoms with E-state index in [0.717, 1.165) is 48.3 Å². The first kappa shape index (κ1) is 26.4. The first-order chi connectivity index (χ1) is 18.9. The Balaban J connectivity index is 1.43. The van der Waals surface area contributed by atoms with E-state index >= 15 is 0 Å². The van der Waals surface area contributed by atoms with Gasteiger partial charge in [-0.25, -0.2) is 9.97 Å². The normalized spacial score (nSPS) is 11.3. The largest absolute Gasteiger partial charge is 0.352 e. The maximum Gasteiger partial charge on any atom is 0.259 e. The summed E-state index contributed by atoms with van der Waals surface area (Å²) >= 11 is 6.06. The van der Waals surface area contributed by atoms with E-state index in [1.54, 1.807) is 41.3 Å². The SMILES string of the molecule is CCCCCn1c(-c2ccc(C(=O)NCCc3cncn3C)cc2)cc(=O)n2cc(-c3ccc(Cl)cc3)nc12. The number of carbonyl (C=O) groups is 1. The van der Waals surface area contributed by atoms with Crippen molar-refractivity contribution in [3.05, 3.63) is 100.0 Å². The Bertz CT molecular complexity index is 1650. The van der Waals surface area contributed by atoms with Gasteiger partial charge in [-0.15, -0.1) is 0 Å². The van der Waals surface area contributed by atoms with E-state index in [2.05, 4.69) is 21.8 Å². The van der Waals surface area contributed by atoms with Gasteiger partial charge in [-0.1, -0.05) is 55.6 Å². The van der Waals surface area contributed by atoms with Gasteiger partial charge in [0, 0.05) is 66.9 Å². The first-order valence-electron chi connectivity index (χ1n) is 13.2. The average Bonchev–Trinajstić information content (AvgIpc) is 3.57. The van der Waals surface area contributed by atoms with Gasteiger partial charge in [-0.05, 0) is 36.2 Å². The number of nitrogens with one attached hydrogen (secondary N) is 1. The Hall–Kier alpha value is -4.17. The Kier molecular flexibility index (Phi) is 7.93. The molecular formula is C30H31ClN6O2. The lowest BCUT2D eigenvalue weighted by Gasteiger charge is -2.15. The first-order valence-corrected chi connectivity index (χ1v) is 13.5. The van der Waals surface area contributed by atoms with Crippen LogP contribution in [0.2, 0.25) is 5.02 Å². The van der Waals surface area contributed by atoms with Gasteiger partial charge in [0.15, 0.2) is 0 Å². The molecule has 2 aromatic carbocycles. The summed E-state index contributed by atoms with van der Waals surface area (Å²) in [6, 6.07) is 16.5. The summed E-state index contributed by atoms with van der Waals surface area (Å²) in [6.45, 7) is 3.40. The fourth-order valence-corrected chi connectivity index (χ4v) is 4.78. The number of hydrogen-bond donors (Lipinski definition) is 1. The molecule has 8 nitrogen and oxygen atoms in total. The van der Waals surface area contributed by atoms with Crippen molar-refractivity contribution < 1.29 is 4.79 Å². The molecule has 0 fully saturated rings. The van der Waals surface area contributed by atoms with Crippen molar-refractivity contribution >= 4 is 23.3 Å². The molecule has 0 saturated heterocycles. The third kappa shape index (κ3) is 5.81. The van der Waals surface area contributed by atoms with Crippen LogP contribution in [0.1, 0.15) is 42.2 Å². The highest BCUT2D eigenvalue weighted by atomic mass is 35.5. The van der Waals surface area contributed by atoms with Gasteiger partial charge in [0.05, 0.1) is 17.7 Å². The summed E-state index contributed by atoms with van der Waals surface area (Å²) in [5.41, 5.74) is 4.70. The van der Waals surface area contributed by atoms with E-state index in [9.17, 15) is 9.59 Å². The summed E-state index contributed by atoms with van der Waals surface area (Å²) < 4.78 is 5.64. The van der Waals surface area contributed by atoms with E-state index in [0.29, 0.717) is 35.0 Å². The predicted octanol–water partition coefficient (Wildman–Crippen LogP) is 5.38. The Morgan fingerprint density at radius 3 is 2.46 bits per heavy atom. The molecule has 1 N–H and O–H groups in total. The second-order valence-electron chi connectivity index (χ2n) is 9.61. The number of unbranched alkanes of at least 4 members (excludes halogenated alkanes) is 2. The topological polar surface area (TPSA) is 86.2 Å². The van der Waals surface area contributed by atoms with Crippen LogP contribution in [0.5, 0.6) is 0 Å². The van der Waals surface area contributed by atoms with Crippen LogP contribution >= 0.6 is 11.6 Å². The predicted molar refractivity (Wildman–Crippen MR) is 154 cm³/mol. The van der Waals surface area contributed by atoms with Gasteiger partial charge >= 0.3 is 0 Å². The van der Waals surface area contributed by atoms with Crippen molar-refractivity contribution in [2.45, 2.75) is 39.2 Å². The van der Waals surface area contributed by atoms with Crippen LogP contribution in [-0.4, -0.2) is 36.0 Å². The smallest absolute Gasteiger partial charge is 0.259 e. The van der Waals surface area contributed by atoms with Gasteiger partial charge in [0.1, 0.15) is 0 Å². The van der Waals surface area contributed by atoms with E-state index in [1.807, 2.05) is 48.0 Å². The van der Waals surface area contributed by atoms with Crippen molar-refractivity contribution in [2.75, 3.05) is 6.54 Å². The second kappa shape index (κ2) is 11.7. The molecule has 3 heterocycles. The molecular weight excluding hydrogens is 512 g/mol. The molecule has 0 aliphatic heterocycles. The number of amides is 1.